The van der Waals surface area contributed by atoms with E-state index in [-0.39, 0.29) is 0 Å². The summed E-state index contributed by atoms with van der Waals surface area (Å²) in [7, 11) is 0. The fourth-order valence-corrected chi connectivity index (χ4v) is 7.08. The van der Waals surface area contributed by atoms with E-state index in [9.17, 15) is 0 Å². The summed E-state index contributed by atoms with van der Waals surface area (Å²) < 4.78 is 0. The molecule has 4 aromatic carbocycles. The van der Waals surface area contributed by atoms with E-state index >= 15 is 0 Å². The molecule has 8 N–H and O–H groups in total. The zero-order valence-corrected chi connectivity index (χ0v) is 27.2. The second kappa shape index (κ2) is 12.0. The van der Waals surface area contributed by atoms with Crippen molar-refractivity contribution in [1.29, 1.82) is 0 Å². The Bertz CT molecular complexity index is 2550. The van der Waals surface area contributed by atoms with Crippen LogP contribution < -0.4 is 32.9 Å². The van der Waals surface area contributed by atoms with Gasteiger partial charge in [-0.15, -0.1) is 0 Å². The fraction of sp³-hybridized carbons (Fsp3) is 0. The topological polar surface area (TPSA) is 115 Å². The van der Waals surface area contributed by atoms with Crippen LogP contribution in [0.5, 0.6) is 0 Å². The Morgan fingerprint density at radius 2 is 0.540 bits per heavy atom. The lowest BCUT2D eigenvalue weighted by Gasteiger charge is -2.10. The number of nitrogens with two attached hydrogens (primary N) is 2. The molecule has 0 unspecified atom stereocenters. The molecule has 6 heteroatoms. The van der Waals surface area contributed by atoms with Crippen molar-refractivity contribution in [2.45, 2.75) is 0 Å². The van der Waals surface area contributed by atoms with E-state index in [2.05, 4.69) is 141 Å². The van der Waals surface area contributed by atoms with Crippen LogP contribution in [0.3, 0.4) is 0 Å². The number of anilines is 2. The molecule has 0 fully saturated rings. The summed E-state index contributed by atoms with van der Waals surface area (Å²) in [6.45, 7) is 0. The molecule has 0 saturated carbocycles. The van der Waals surface area contributed by atoms with Gasteiger partial charge in [0.05, 0.1) is 0 Å². The molecule has 0 atom stereocenters. The highest BCUT2D eigenvalue weighted by molar-refractivity contribution is 5.85. The molecule has 240 valence electrons. The van der Waals surface area contributed by atoms with Crippen LogP contribution in [0.15, 0.2) is 158 Å². The van der Waals surface area contributed by atoms with E-state index in [1.807, 2.05) is 36.4 Å². The Morgan fingerprint density at radius 3 is 0.840 bits per heavy atom. The molecule has 1 aliphatic heterocycles. The van der Waals surface area contributed by atoms with Gasteiger partial charge in [-0.1, -0.05) is 84.9 Å². The summed E-state index contributed by atoms with van der Waals surface area (Å²) in [4.78, 5) is 15.3. The Labute approximate surface area is 288 Å². The maximum Gasteiger partial charge on any atom is 0.0485 e. The number of H-pyrrole nitrogens is 4. The van der Waals surface area contributed by atoms with E-state index in [4.69, 9.17) is 11.5 Å². The van der Waals surface area contributed by atoms with Crippen LogP contribution in [0.4, 0.5) is 11.4 Å². The van der Waals surface area contributed by atoms with Gasteiger partial charge in [0.1, 0.15) is 0 Å². The van der Waals surface area contributed by atoms with Crippen molar-refractivity contribution in [3.63, 3.8) is 0 Å². The van der Waals surface area contributed by atoms with Gasteiger partial charge < -0.3 is 31.4 Å². The van der Waals surface area contributed by atoms with E-state index in [0.717, 1.165) is 100 Å². The molecule has 9 rings (SSSR count). The van der Waals surface area contributed by atoms with Crippen molar-refractivity contribution < 1.29 is 0 Å². The molecule has 1 aliphatic rings. The van der Waals surface area contributed by atoms with Gasteiger partial charge in [0.25, 0.3) is 0 Å². The molecule has 0 aliphatic carbocycles. The third-order valence-electron chi connectivity index (χ3n) is 9.42. The van der Waals surface area contributed by atoms with Gasteiger partial charge in [0, 0.05) is 77.8 Å². The van der Waals surface area contributed by atoms with Crippen LogP contribution in [0, 0.1) is 0 Å². The average molecular weight is 647 g/mol. The molecule has 50 heavy (non-hydrogen) atoms. The second-order valence-corrected chi connectivity index (χ2v) is 12.6. The predicted octanol–water partition coefficient (Wildman–Crippen LogP) is 5.47. The van der Waals surface area contributed by atoms with E-state index < -0.39 is 0 Å². The van der Waals surface area contributed by atoms with Crippen LogP contribution >= 0.6 is 0 Å². The van der Waals surface area contributed by atoms with Gasteiger partial charge in [-0.25, -0.2) is 0 Å². The summed E-state index contributed by atoms with van der Waals surface area (Å²) in [5, 5.41) is 3.98. The van der Waals surface area contributed by atoms with E-state index in [0.29, 0.717) is 0 Å². The Morgan fingerprint density at radius 1 is 0.260 bits per heavy atom. The Balaban J connectivity index is 1.43. The SMILES string of the molecule is Nc1ccc(C2=c3ccc([nH]3)=C(c3ccccc3)c3ccc([nH]3)C(c3ccc(N)cc3)=c3ccc([nH]3)=C(c3ccccc3)c3ccc2[nH]3)cc1. The number of aromatic amines is 4. The number of nitrogen functional groups attached to an aromatic ring is 2. The number of benzene rings is 4. The molecule has 5 heterocycles. The van der Waals surface area contributed by atoms with E-state index in [1.54, 1.807) is 0 Å². The Kier molecular flexibility index (Phi) is 6.99. The number of hydrogen-bond donors (Lipinski definition) is 6. The number of rotatable bonds is 4. The third-order valence-corrected chi connectivity index (χ3v) is 9.42. The number of hydrogen-bond acceptors (Lipinski definition) is 2. The molecule has 0 spiro atoms. The molecule has 0 saturated heterocycles. The van der Waals surface area contributed by atoms with Crippen LogP contribution in [0.2, 0.25) is 0 Å². The lowest BCUT2D eigenvalue weighted by atomic mass is 10.0. The highest BCUT2D eigenvalue weighted by atomic mass is 14.8. The van der Waals surface area contributed by atoms with Crippen molar-refractivity contribution in [2.24, 2.45) is 0 Å². The lowest BCUT2D eigenvalue weighted by Crippen LogP contribution is -2.19. The molecular weight excluding hydrogens is 613 g/mol. The van der Waals surface area contributed by atoms with E-state index in [1.165, 1.54) is 0 Å². The summed E-state index contributed by atoms with van der Waals surface area (Å²) in [5.74, 6) is 0. The molecule has 8 aromatic rings. The molecule has 0 radical (unpaired) electrons. The molecular formula is C44H34N6. The average Bonchev–Trinajstić information content (AvgIpc) is 3.98. The number of nitrogens with one attached hydrogen (secondary N) is 4. The number of fused-ring (bicyclic) bond motifs is 8. The first-order valence-electron chi connectivity index (χ1n) is 16.7. The first kappa shape index (κ1) is 29.2. The Hall–Kier alpha value is -6.92. The molecule has 4 aromatic heterocycles. The van der Waals surface area contributed by atoms with Crippen LogP contribution in [0.1, 0.15) is 45.0 Å². The van der Waals surface area contributed by atoms with Crippen molar-refractivity contribution in [2.75, 3.05) is 11.5 Å². The lowest BCUT2D eigenvalue weighted by molar-refractivity contribution is 1.19. The monoisotopic (exact) mass is 646 g/mol. The maximum absolute atomic E-state index is 6.15. The first-order chi connectivity index (χ1) is 24.6. The summed E-state index contributed by atoms with van der Waals surface area (Å²) in [6, 6.07) is 54.5. The minimum atomic E-state index is 0.724. The largest absolute Gasteiger partial charge is 0.399 e. The van der Waals surface area contributed by atoms with Crippen molar-refractivity contribution in [3.8, 4) is 0 Å². The van der Waals surface area contributed by atoms with Crippen molar-refractivity contribution in [3.05, 3.63) is 224 Å². The van der Waals surface area contributed by atoms with Gasteiger partial charge in [-0.05, 0) is 95.1 Å². The standard InChI is InChI=1S/C44H34N6/c45-31-15-11-29(12-16-31)43-37-23-19-33(47-37)41(27-7-3-1-4-8-27)34-20-24-38(48-34)44(30-13-17-32(46)18-14-30)40-26-22-36(50-40)42(28-9-5-2-6-10-28)35-21-25-39(43)49-35/h1-26,47-50H,45-46H2. The molecule has 0 amide bonds. The van der Waals surface area contributed by atoms with Gasteiger partial charge in [0.2, 0.25) is 0 Å². The zero-order valence-electron chi connectivity index (χ0n) is 27.2. The minimum absolute atomic E-state index is 0.724. The quantitative estimate of drug-likeness (QED) is 0.143. The fourth-order valence-electron chi connectivity index (χ4n) is 7.08. The van der Waals surface area contributed by atoms with Crippen LogP contribution in [-0.2, 0) is 0 Å². The zero-order chi connectivity index (χ0) is 33.6. The summed E-state index contributed by atoms with van der Waals surface area (Å²) >= 11 is 0. The van der Waals surface area contributed by atoms with Gasteiger partial charge >= 0.3 is 0 Å². The second-order valence-electron chi connectivity index (χ2n) is 12.6. The predicted molar refractivity (Wildman–Crippen MR) is 203 cm³/mol. The third kappa shape index (κ3) is 5.16. The van der Waals surface area contributed by atoms with Gasteiger partial charge in [-0.2, -0.15) is 0 Å². The highest BCUT2D eigenvalue weighted by Gasteiger charge is 2.18. The van der Waals surface area contributed by atoms with Gasteiger partial charge in [0.15, 0.2) is 0 Å². The van der Waals surface area contributed by atoms with Crippen molar-refractivity contribution in [1.82, 2.24) is 19.9 Å². The summed E-state index contributed by atoms with van der Waals surface area (Å²) in [5.41, 5.74) is 26.3. The smallest absolute Gasteiger partial charge is 0.0485 e. The molecule has 6 nitrogen and oxygen atoms in total. The molecule has 8 bridgehead atoms. The highest BCUT2D eigenvalue weighted by Crippen LogP contribution is 2.28. The van der Waals surface area contributed by atoms with Crippen LogP contribution in [0.25, 0.3) is 22.3 Å². The van der Waals surface area contributed by atoms with Crippen molar-refractivity contribution >= 4 is 33.7 Å². The normalized spacial score (nSPS) is 12.8. The maximum atomic E-state index is 6.15. The van der Waals surface area contributed by atoms with Crippen LogP contribution in [-0.4, -0.2) is 19.9 Å². The van der Waals surface area contributed by atoms with Gasteiger partial charge in [-0.3, -0.25) is 0 Å². The first-order valence-corrected chi connectivity index (χ1v) is 16.7. The number of aromatic nitrogens is 4. The summed E-state index contributed by atoms with van der Waals surface area (Å²) in [6.07, 6.45) is 0. The minimum Gasteiger partial charge on any atom is -0.399 e.